The van der Waals surface area contributed by atoms with Crippen LogP contribution in [0.4, 0.5) is 24.5 Å². The average Bonchev–Trinajstić information content (AvgIpc) is 2.72. The van der Waals surface area contributed by atoms with Crippen LogP contribution in [0.2, 0.25) is 5.02 Å². The van der Waals surface area contributed by atoms with Gasteiger partial charge in [0.1, 0.15) is 0 Å². The summed E-state index contributed by atoms with van der Waals surface area (Å²) < 4.78 is 37.8. The number of benzene rings is 1. The van der Waals surface area contributed by atoms with Gasteiger partial charge < -0.3 is 11.1 Å². The highest BCUT2D eigenvalue weighted by Crippen LogP contribution is 2.34. The molecule has 0 radical (unpaired) electrons. The molecule has 2 aromatic rings. The normalized spacial score (nSPS) is 11.6. The van der Waals surface area contributed by atoms with Crippen molar-refractivity contribution in [2.75, 3.05) is 11.1 Å². The van der Waals surface area contributed by atoms with Crippen LogP contribution in [0.25, 0.3) is 0 Å². The molecule has 0 saturated heterocycles. The van der Waals surface area contributed by atoms with Crippen molar-refractivity contribution in [3.63, 3.8) is 0 Å². The van der Waals surface area contributed by atoms with Crippen LogP contribution < -0.4 is 11.1 Å². The molecule has 0 amide bonds. The molecule has 0 fully saturated rings. The Balaban J connectivity index is 2.18. The number of nitrogens with two attached hydrogens (primary N) is 1. The molecule has 2 nitrogen and oxygen atoms in total. The van der Waals surface area contributed by atoms with Crippen molar-refractivity contribution < 1.29 is 13.2 Å². The molecule has 3 N–H and O–H groups in total. The Morgan fingerprint density at radius 2 is 2.00 bits per heavy atom. The van der Waals surface area contributed by atoms with Crippen LogP contribution in [0.3, 0.4) is 0 Å². The zero-order chi connectivity index (χ0) is 14.0. The van der Waals surface area contributed by atoms with Crippen molar-refractivity contribution in [1.82, 2.24) is 0 Å². The maximum absolute atomic E-state index is 12.6. The largest absolute Gasteiger partial charge is 0.416 e. The summed E-state index contributed by atoms with van der Waals surface area (Å²) in [6.45, 7) is 0.338. The molecule has 0 saturated carbocycles. The molecule has 0 atom stereocenters. The fourth-order valence-electron chi connectivity index (χ4n) is 1.51. The minimum Gasteiger partial charge on any atom is -0.398 e. The lowest BCUT2D eigenvalue weighted by molar-refractivity contribution is -0.137. The maximum Gasteiger partial charge on any atom is 0.416 e. The lowest BCUT2D eigenvalue weighted by atomic mass is 10.2. The first-order valence-electron chi connectivity index (χ1n) is 5.30. The minimum atomic E-state index is -4.39. The van der Waals surface area contributed by atoms with Crippen LogP contribution in [-0.2, 0) is 12.7 Å². The second kappa shape index (κ2) is 5.30. The number of alkyl halides is 3. The van der Waals surface area contributed by atoms with Crippen molar-refractivity contribution in [2.45, 2.75) is 12.7 Å². The summed E-state index contributed by atoms with van der Waals surface area (Å²) in [5.74, 6) is 0. The van der Waals surface area contributed by atoms with Gasteiger partial charge in [-0.3, -0.25) is 0 Å². The predicted octanol–water partition coefficient (Wildman–Crippen LogP) is 4.61. The van der Waals surface area contributed by atoms with E-state index >= 15 is 0 Å². The van der Waals surface area contributed by atoms with E-state index in [1.165, 1.54) is 17.4 Å². The summed E-state index contributed by atoms with van der Waals surface area (Å²) in [6, 6.07) is 4.92. The number of nitrogens with one attached hydrogen (secondary N) is 1. The van der Waals surface area contributed by atoms with Crippen LogP contribution in [0, 0.1) is 0 Å². The Morgan fingerprint density at radius 3 is 2.58 bits per heavy atom. The smallest absolute Gasteiger partial charge is 0.398 e. The second-order valence-electron chi connectivity index (χ2n) is 3.85. The molecule has 0 aliphatic carbocycles. The maximum atomic E-state index is 12.6. The first-order valence-corrected chi connectivity index (χ1v) is 6.56. The van der Waals surface area contributed by atoms with Gasteiger partial charge in [-0.25, -0.2) is 0 Å². The monoisotopic (exact) mass is 306 g/mol. The fourth-order valence-corrected chi connectivity index (χ4v) is 2.43. The van der Waals surface area contributed by atoms with Crippen molar-refractivity contribution in [3.05, 3.63) is 45.1 Å². The summed E-state index contributed by atoms with van der Waals surface area (Å²) in [5.41, 5.74) is 5.81. The highest BCUT2D eigenvalue weighted by Gasteiger charge is 2.30. The number of rotatable bonds is 3. The van der Waals surface area contributed by atoms with Crippen LogP contribution in [-0.4, -0.2) is 0 Å². The molecule has 102 valence electrons. The van der Waals surface area contributed by atoms with Crippen molar-refractivity contribution in [3.8, 4) is 0 Å². The number of thiophene rings is 1. The molecule has 7 heteroatoms. The first-order chi connectivity index (χ1) is 8.88. The molecule has 0 bridgehead atoms. The molecule has 2 rings (SSSR count). The molecule has 0 aliphatic rings. The third-order valence-electron chi connectivity index (χ3n) is 2.51. The van der Waals surface area contributed by atoms with Gasteiger partial charge in [0.05, 0.1) is 22.8 Å². The van der Waals surface area contributed by atoms with Crippen LogP contribution in [0.1, 0.15) is 10.4 Å². The zero-order valence-corrected chi connectivity index (χ0v) is 11.2. The van der Waals surface area contributed by atoms with Gasteiger partial charge in [-0.2, -0.15) is 13.2 Å². The van der Waals surface area contributed by atoms with E-state index in [2.05, 4.69) is 5.32 Å². The Labute approximate surface area is 117 Å². The van der Waals surface area contributed by atoms with E-state index in [9.17, 15) is 13.2 Å². The molecule has 0 unspecified atom stereocenters. The Kier molecular flexibility index (Phi) is 3.91. The Morgan fingerprint density at radius 1 is 1.26 bits per heavy atom. The van der Waals surface area contributed by atoms with Gasteiger partial charge in [-0.15, -0.1) is 11.3 Å². The van der Waals surface area contributed by atoms with Gasteiger partial charge in [0.15, 0.2) is 0 Å². The van der Waals surface area contributed by atoms with Crippen molar-refractivity contribution in [2.24, 2.45) is 0 Å². The van der Waals surface area contributed by atoms with E-state index in [-0.39, 0.29) is 10.7 Å². The SMILES string of the molecule is Nc1ccsc1CNc1cc(C(F)(F)F)ccc1Cl. The van der Waals surface area contributed by atoms with Crippen molar-refractivity contribution >= 4 is 34.3 Å². The zero-order valence-electron chi connectivity index (χ0n) is 9.59. The molecule has 1 aromatic carbocycles. The van der Waals surface area contributed by atoms with Gasteiger partial charge >= 0.3 is 6.18 Å². The topological polar surface area (TPSA) is 38.0 Å². The summed E-state index contributed by atoms with van der Waals surface area (Å²) in [7, 11) is 0. The van der Waals surface area contributed by atoms with Crippen molar-refractivity contribution in [1.29, 1.82) is 0 Å². The summed E-state index contributed by atoms with van der Waals surface area (Å²) in [5, 5.41) is 4.93. The van der Waals surface area contributed by atoms with E-state index in [4.69, 9.17) is 17.3 Å². The van der Waals surface area contributed by atoms with E-state index in [0.29, 0.717) is 12.2 Å². The minimum absolute atomic E-state index is 0.239. The lowest BCUT2D eigenvalue weighted by Gasteiger charge is -2.12. The molecular weight excluding hydrogens is 297 g/mol. The van der Waals surface area contributed by atoms with E-state index in [1.54, 1.807) is 6.07 Å². The quantitative estimate of drug-likeness (QED) is 0.868. The number of halogens is 4. The third kappa shape index (κ3) is 3.33. The second-order valence-corrected chi connectivity index (χ2v) is 5.25. The first kappa shape index (κ1) is 14.0. The number of hydrogen-bond acceptors (Lipinski definition) is 3. The highest BCUT2D eigenvalue weighted by atomic mass is 35.5. The van der Waals surface area contributed by atoms with Crippen LogP contribution in [0.15, 0.2) is 29.6 Å². The number of hydrogen-bond donors (Lipinski definition) is 2. The van der Waals surface area contributed by atoms with Crippen LogP contribution in [0.5, 0.6) is 0 Å². The van der Waals surface area contributed by atoms with Gasteiger partial charge in [0.25, 0.3) is 0 Å². The van der Waals surface area contributed by atoms with Crippen LogP contribution >= 0.6 is 22.9 Å². The average molecular weight is 307 g/mol. The molecule has 1 heterocycles. The highest BCUT2D eigenvalue weighted by molar-refractivity contribution is 7.10. The van der Waals surface area contributed by atoms with Gasteiger partial charge in [-0.1, -0.05) is 11.6 Å². The molecule has 0 spiro atoms. The Bertz CT molecular complexity index is 581. The standard InChI is InChI=1S/C12H10ClF3N2S/c13-8-2-1-7(12(14,15)16)5-10(8)18-6-11-9(17)3-4-19-11/h1-5,18H,6,17H2. The molecular formula is C12H10ClF3N2S. The molecule has 1 aromatic heterocycles. The Hall–Kier alpha value is -1.40. The molecule has 0 aliphatic heterocycles. The van der Waals surface area contributed by atoms with E-state index < -0.39 is 11.7 Å². The predicted molar refractivity (Wildman–Crippen MR) is 72.5 cm³/mol. The third-order valence-corrected chi connectivity index (χ3v) is 3.78. The number of anilines is 2. The van der Waals surface area contributed by atoms with Gasteiger partial charge in [-0.05, 0) is 29.6 Å². The number of nitrogen functional groups attached to an aromatic ring is 1. The van der Waals surface area contributed by atoms with Gasteiger partial charge in [0.2, 0.25) is 0 Å². The summed E-state index contributed by atoms with van der Waals surface area (Å²) in [4.78, 5) is 0.855. The molecule has 19 heavy (non-hydrogen) atoms. The van der Waals surface area contributed by atoms with Gasteiger partial charge in [0, 0.05) is 10.6 Å². The lowest BCUT2D eigenvalue weighted by Crippen LogP contribution is -2.07. The fraction of sp³-hybridized carbons (Fsp3) is 0.167. The summed E-state index contributed by atoms with van der Waals surface area (Å²) in [6.07, 6.45) is -4.39. The summed E-state index contributed by atoms with van der Waals surface area (Å²) >= 11 is 7.30. The van der Waals surface area contributed by atoms with E-state index in [0.717, 1.165) is 17.0 Å². The van der Waals surface area contributed by atoms with E-state index in [1.807, 2.05) is 5.38 Å².